The number of aliphatic imine (C=N–C) groups is 1. The minimum Gasteiger partial charge on any atom is -0.484 e. The van der Waals surface area contributed by atoms with Gasteiger partial charge in [-0.05, 0) is 11.0 Å². The van der Waals surface area contributed by atoms with Gasteiger partial charge in [0.1, 0.15) is 0 Å². The van der Waals surface area contributed by atoms with E-state index in [1.54, 1.807) is 7.11 Å². The average Bonchev–Trinajstić information content (AvgIpc) is 2.28. The number of hydrogen-bond acceptors (Lipinski definition) is 2. The van der Waals surface area contributed by atoms with Crippen LogP contribution in [0.5, 0.6) is 0 Å². The Morgan fingerprint density at radius 1 is 1.25 bits per heavy atom. The van der Waals surface area contributed by atoms with E-state index in [-0.39, 0.29) is 5.41 Å². The molecule has 2 rings (SSSR count). The third kappa shape index (κ3) is 2.11. The number of nitrogens with zero attached hydrogens (tertiary/aromatic N) is 1. The quantitative estimate of drug-likeness (QED) is 0.707. The molecule has 0 amide bonds. The first-order valence-corrected chi connectivity index (χ1v) is 5.76. The monoisotopic (exact) mass is 217 g/mol. The number of ether oxygens (including phenoxy) is 1. The SMILES string of the molecule is COC1=NCC(c2ccccc2)C(C)(C)C1. The van der Waals surface area contributed by atoms with Crippen molar-refractivity contribution in [1.82, 2.24) is 0 Å². The van der Waals surface area contributed by atoms with Crippen molar-refractivity contribution in [3.05, 3.63) is 35.9 Å². The average molecular weight is 217 g/mol. The van der Waals surface area contributed by atoms with Crippen LogP contribution in [0.1, 0.15) is 31.7 Å². The first-order valence-electron chi connectivity index (χ1n) is 5.76. The van der Waals surface area contributed by atoms with E-state index in [0.29, 0.717) is 5.92 Å². The van der Waals surface area contributed by atoms with Gasteiger partial charge in [0.05, 0.1) is 7.11 Å². The summed E-state index contributed by atoms with van der Waals surface area (Å²) in [6.07, 6.45) is 0.920. The van der Waals surface area contributed by atoms with Gasteiger partial charge in [0, 0.05) is 18.9 Å². The molecule has 0 saturated heterocycles. The van der Waals surface area contributed by atoms with E-state index in [0.717, 1.165) is 18.9 Å². The van der Waals surface area contributed by atoms with Crippen LogP contribution >= 0.6 is 0 Å². The zero-order chi connectivity index (χ0) is 11.6. The van der Waals surface area contributed by atoms with Crippen molar-refractivity contribution in [3.8, 4) is 0 Å². The highest BCUT2D eigenvalue weighted by Crippen LogP contribution is 2.41. The fraction of sp³-hybridized carbons (Fsp3) is 0.500. The van der Waals surface area contributed by atoms with Crippen LogP contribution in [-0.4, -0.2) is 19.6 Å². The molecule has 0 aliphatic carbocycles. The Kier molecular flexibility index (Phi) is 2.99. The molecule has 0 saturated carbocycles. The molecule has 1 aliphatic heterocycles. The third-order valence-corrected chi connectivity index (χ3v) is 3.44. The minimum atomic E-state index is 0.217. The molecule has 1 aliphatic rings. The summed E-state index contributed by atoms with van der Waals surface area (Å²) >= 11 is 0. The lowest BCUT2D eigenvalue weighted by atomic mass is 9.71. The topological polar surface area (TPSA) is 21.6 Å². The number of methoxy groups -OCH3 is 1. The van der Waals surface area contributed by atoms with Gasteiger partial charge in [0.25, 0.3) is 0 Å². The zero-order valence-electron chi connectivity index (χ0n) is 10.2. The van der Waals surface area contributed by atoms with Crippen LogP contribution < -0.4 is 0 Å². The first kappa shape index (κ1) is 11.2. The Morgan fingerprint density at radius 3 is 2.50 bits per heavy atom. The highest BCUT2D eigenvalue weighted by molar-refractivity contribution is 5.77. The summed E-state index contributed by atoms with van der Waals surface area (Å²) in [6.45, 7) is 5.41. The second-order valence-corrected chi connectivity index (χ2v) is 5.07. The van der Waals surface area contributed by atoms with Crippen LogP contribution in [0, 0.1) is 5.41 Å². The summed E-state index contributed by atoms with van der Waals surface area (Å²) in [5, 5.41) is 0. The van der Waals surface area contributed by atoms with Crippen molar-refractivity contribution < 1.29 is 4.74 Å². The number of hydrogen-bond donors (Lipinski definition) is 0. The van der Waals surface area contributed by atoms with Gasteiger partial charge >= 0.3 is 0 Å². The van der Waals surface area contributed by atoms with Crippen molar-refractivity contribution in [2.75, 3.05) is 13.7 Å². The summed E-state index contributed by atoms with van der Waals surface area (Å²) in [6, 6.07) is 10.6. The van der Waals surface area contributed by atoms with Crippen molar-refractivity contribution in [1.29, 1.82) is 0 Å². The molecule has 0 aromatic heterocycles. The fourth-order valence-electron chi connectivity index (χ4n) is 2.39. The Balaban J connectivity index is 2.27. The molecule has 2 nitrogen and oxygen atoms in total. The normalized spacial score (nSPS) is 23.7. The molecule has 2 heteroatoms. The summed E-state index contributed by atoms with van der Waals surface area (Å²) in [4.78, 5) is 4.50. The second-order valence-electron chi connectivity index (χ2n) is 5.07. The molecule has 0 spiro atoms. The van der Waals surface area contributed by atoms with Crippen LogP contribution in [-0.2, 0) is 4.74 Å². The van der Waals surface area contributed by atoms with Gasteiger partial charge < -0.3 is 4.74 Å². The molecule has 1 heterocycles. The maximum atomic E-state index is 5.26. The van der Waals surface area contributed by atoms with Crippen LogP contribution in [0.3, 0.4) is 0 Å². The lowest BCUT2D eigenvalue weighted by Gasteiger charge is -2.37. The van der Waals surface area contributed by atoms with E-state index in [2.05, 4.69) is 49.2 Å². The second kappa shape index (κ2) is 4.28. The summed E-state index contributed by atoms with van der Waals surface area (Å²) in [7, 11) is 1.71. The van der Waals surface area contributed by atoms with Gasteiger partial charge in [-0.2, -0.15) is 0 Å². The van der Waals surface area contributed by atoms with Crippen molar-refractivity contribution >= 4 is 5.90 Å². The summed E-state index contributed by atoms with van der Waals surface area (Å²) < 4.78 is 5.26. The van der Waals surface area contributed by atoms with Gasteiger partial charge in [-0.25, -0.2) is 0 Å². The molecule has 0 bridgehead atoms. The highest BCUT2D eigenvalue weighted by Gasteiger charge is 2.35. The number of rotatable bonds is 1. The standard InChI is InChI=1S/C14H19NO/c1-14(2)9-13(16-3)15-10-12(14)11-7-5-4-6-8-11/h4-8,12H,9-10H2,1-3H3. The van der Waals surface area contributed by atoms with E-state index in [1.807, 2.05) is 0 Å². The van der Waals surface area contributed by atoms with Gasteiger partial charge in [0.2, 0.25) is 0 Å². The highest BCUT2D eigenvalue weighted by atomic mass is 16.5. The molecule has 1 atom stereocenters. The van der Waals surface area contributed by atoms with Crippen LogP contribution in [0.15, 0.2) is 35.3 Å². The largest absolute Gasteiger partial charge is 0.484 e. The molecular weight excluding hydrogens is 198 g/mol. The van der Waals surface area contributed by atoms with Crippen LogP contribution in [0.25, 0.3) is 0 Å². The maximum absolute atomic E-state index is 5.26. The predicted octanol–water partition coefficient (Wildman–Crippen LogP) is 3.25. The predicted molar refractivity (Wildman–Crippen MR) is 66.9 cm³/mol. The molecule has 1 aromatic carbocycles. The van der Waals surface area contributed by atoms with E-state index in [4.69, 9.17) is 4.74 Å². The van der Waals surface area contributed by atoms with Gasteiger partial charge in [-0.3, -0.25) is 4.99 Å². The van der Waals surface area contributed by atoms with E-state index >= 15 is 0 Å². The maximum Gasteiger partial charge on any atom is 0.183 e. The van der Waals surface area contributed by atoms with Crippen LogP contribution in [0.2, 0.25) is 0 Å². The number of benzene rings is 1. The first-order chi connectivity index (χ1) is 7.63. The van der Waals surface area contributed by atoms with Crippen molar-refractivity contribution in [2.45, 2.75) is 26.2 Å². The molecule has 0 N–H and O–H groups in total. The smallest absolute Gasteiger partial charge is 0.183 e. The summed E-state index contributed by atoms with van der Waals surface area (Å²) in [5.41, 5.74) is 1.60. The molecule has 16 heavy (non-hydrogen) atoms. The van der Waals surface area contributed by atoms with E-state index < -0.39 is 0 Å². The molecule has 0 fully saturated rings. The molecule has 1 aromatic rings. The Hall–Kier alpha value is -1.31. The Labute approximate surface area is 97.4 Å². The molecular formula is C14H19NO. The minimum absolute atomic E-state index is 0.217. The molecule has 1 unspecified atom stereocenters. The molecule has 86 valence electrons. The molecule has 0 radical (unpaired) electrons. The van der Waals surface area contributed by atoms with E-state index in [1.165, 1.54) is 5.56 Å². The fourth-order valence-corrected chi connectivity index (χ4v) is 2.39. The van der Waals surface area contributed by atoms with Gasteiger partial charge in [0.15, 0.2) is 5.90 Å². The lowest BCUT2D eigenvalue weighted by Crippen LogP contribution is -2.32. The van der Waals surface area contributed by atoms with Crippen molar-refractivity contribution in [3.63, 3.8) is 0 Å². The van der Waals surface area contributed by atoms with E-state index in [9.17, 15) is 0 Å². The van der Waals surface area contributed by atoms with Crippen LogP contribution in [0.4, 0.5) is 0 Å². The Bertz CT molecular complexity index is 381. The van der Waals surface area contributed by atoms with Gasteiger partial charge in [-0.1, -0.05) is 44.2 Å². The van der Waals surface area contributed by atoms with Gasteiger partial charge in [-0.15, -0.1) is 0 Å². The zero-order valence-corrected chi connectivity index (χ0v) is 10.2. The third-order valence-electron chi connectivity index (χ3n) is 3.44. The van der Waals surface area contributed by atoms with Crippen molar-refractivity contribution in [2.24, 2.45) is 10.4 Å². The summed E-state index contributed by atoms with van der Waals surface area (Å²) in [5.74, 6) is 1.38. The lowest BCUT2D eigenvalue weighted by molar-refractivity contribution is 0.252. The Morgan fingerprint density at radius 2 is 1.94 bits per heavy atom.